The number of fused-ring (bicyclic) bond motifs is 1. The monoisotopic (exact) mass is 388 g/mol. The molecule has 0 aliphatic carbocycles. The molecule has 1 N–H and O–H groups in total. The van der Waals surface area contributed by atoms with Gasteiger partial charge in [0.15, 0.2) is 0 Å². The molecule has 0 saturated carbocycles. The standard InChI is InChI=1S/C22H20N4O3/c23-15-22(17-4-3-8-24-13-17)6-10-25(11-7-22)14-16-12-18(21(28)29)20(27)26-9-2-1-5-19(16)26/h1-5,8-9,12-13H,6-7,10-11,14H2,(H,28,29). The SMILES string of the molecule is N#CC1(c2cccnc2)CCN(Cc2cc(C(=O)O)c(=O)n3ccccc23)CC1. The van der Waals surface area contributed by atoms with Gasteiger partial charge in [0.05, 0.1) is 17.0 Å². The number of aromatic carboxylic acids is 1. The first kappa shape index (κ1) is 18.8. The highest BCUT2D eigenvalue weighted by atomic mass is 16.4. The van der Waals surface area contributed by atoms with Crippen molar-refractivity contribution in [3.63, 3.8) is 0 Å². The summed E-state index contributed by atoms with van der Waals surface area (Å²) in [5.74, 6) is -1.23. The fraction of sp³-hybridized carbons (Fsp3) is 0.273. The zero-order valence-electron chi connectivity index (χ0n) is 15.8. The number of aromatic nitrogens is 2. The summed E-state index contributed by atoms with van der Waals surface area (Å²) < 4.78 is 1.39. The summed E-state index contributed by atoms with van der Waals surface area (Å²) in [5, 5.41) is 19.3. The van der Waals surface area contributed by atoms with Crippen LogP contribution in [0.2, 0.25) is 0 Å². The predicted octanol–water partition coefficient (Wildman–Crippen LogP) is 2.45. The largest absolute Gasteiger partial charge is 0.477 e. The van der Waals surface area contributed by atoms with Crippen LogP contribution in [0.3, 0.4) is 0 Å². The molecule has 1 aliphatic heterocycles. The van der Waals surface area contributed by atoms with Crippen LogP contribution in [0.5, 0.6) is 0 Å². The third-order valence-corrected chi connectivity index (χ3v) is 5.72. The molecule has 146 valence electrons. The van der Waals surface area contributed by atoms with Crippen molar-refractivity contribution in [3.8, 4) is 6.07 Å². The van der Waals surface area contributed by atoms with E-state index in [1.165, 1.54) is 10.5 Å². The maximum Gasteiger partial charge on any atom is 0.341 e. The van der Waals surface area contributed by atoms with Crippen LogP contribution in [-0.2, 0) is 12.0 Å². The van der Waals surface area contributed by atoms with Gasteiger partial charge < -0.3 is 5.11 Å². The highest BCUT2D eigenvalue weighted by Crippen LogP contribution is 2.35. The lowest BCUT2D eigenvalue weighted by molar-refractivity contribution is 0.0694. The maximum absolute atomic E-state index is 12.4. The van der Waals surface area contributed by atoms with Gasteiger partial charge in [0.1, 0.15) is 5.56 Å². The Hall–Kier alpha value is -3.50. The van der Waals surface area contributed by atoms with Crippen molar-refractivity contribution in [3.05, 3.63) is 82.0 Å². The Kier molecular flexibility index (Phi) is 4.87. The smallest absolute Gasteiger partial charge is 0.341 e. The second kappa shape index (κ2) is 7.49. The number of nitrogens with zero attached hydrogens (tertiary/aromatic N) is 4. The number of piperidine rings is 1. The van der Waals surface area contributed by atoms with Crippen LogP contribution in [0.1, 0.15) is 34.3 Å². The van der Waals surface area contributed by atoms with E-state index in [2.05, 4.69) is 16.0 Å². The lowest BCUT2D eigenvalue weighted by Gasteiger charge is -2.37. The van der Waals surface area contributed by atoms with Gasteiger partial charge >= 0.3 is 5.97 Å². The van der Waals surface area contributed by atoms with Gasteiger partial charge in [0, 0.05) is 38.2 Å². The van der Waals surface area contributed by atoms with E-state index < -0.39 is 16.9 Å². The summed E-state index contributed by atoms with van der Waals surface area (Å²) in [6.45, 7) is 1.91. The molecule has 3 aromatic heterocycles. The zero-order chi connectivity index (χ0) is 20.4. The summed E-state index contributed by atoms with van der Waals surface area (Å²) in [6, 6.07) is 13.1. The van der Waals surface area contributed by atoms with Crippen molar-refractivity contribution < 1.29 is 9.90 Å². The van der Waals surface area contributed by atoms with Crippen LogP contribution in [0.15, 0.2) is 59.8 Å². The Bertz CT molecular complexity index is 1160. The number of rotatable bonds is 4. The highest BCUT2D eigenvalue weighted by Gasteiger charge is 2.36. The summed E-state index contributed by atoms with van der Waals surface area (Å²) in [4.78, 5) is 30.3. The number of carbonyl (C=O) groups is 1. The van der Waals surface area contributed by atoms with Crippen LogP contribution < -0.4 is 5.56 Å². The minimum Gasteiger partial charge on any atom is -0.477 e. The van der Waals surface area contributed by atoms with Gasteiger partial charge in [-0.05, 0) is 48.2 Å². The molecule has 1 aliphatic rings. The van der Waals surface area contributed by atoms with E-state index in [4.69, 9.17) is 0 Å². The number of hydrogen-bond donors (Lipinski definition) is 1. The van der Waals surface area contributed by atoms with Crippen molar-refractivity contribution in [2.45, 2.75) is 24.8 Å². The quantitative estimate of drug-likeness (QED) is 0.737. The minimum absolute atomic E-state index is 0.234. The molecule has 0 aromatic carbocycles. The van der Waals surface area contributed by atoms with Crippen LogP contribution in [-0.4, -0.2) is 38.4 Å². The molecule has 3 aromatic rings. The molecule has 1 saturated heterocycles. The summed E-state index contributed by atoms with van der Waals surface area (Å²) in [5.41, 5.74) is 1.11. The second-order valence-electron chi connectivity index (χ2n) is 7.36. The molecule has 1 fully saturated rings. The van der Waals surface area contributed by atoms with Gasteiger partial charge in [-0.3, -0.25) is 19.1 Å². The minimum atomic E-state index is -1.23. The summed E-state index contributed by atoms with van der Waals surface area (Å²) in [7, 11) is 0. The fourth-order valence-corrected chi connectivity index (χ4v) is 4.05. The molecule has 0 atom stereocenters. The van der Waals surface area contributed by atoms with E-state index in [0.717, 1.165) is 11.1 Å². The Labute approximate surface area is 167 Å². The lowest BCUT2D eigenvalue weighted by atomic mass is 9.74. The van der Waals surface area contributed by atoms with E-state index in [1.807, 2.05) is 24.3 Å². The van der Waals surface area contributed by atoms with E-state index >= 15 is 0 Å². The number of likely N-dealkylation sites (tertiary alicyclic amines) is 1. The lowest BCUT2D eigenvalue weighted by Crippen LogP contribution is -2.41. The van der Waals surface area contributed by atoms with Gasteiger partial charge in [-0.25, -0.2) is 4.79 Å². The summed E-state index contributed by atoms with van der Waals surface area (Å²) in [6.07, 6.45) is 6.39. The van der Waals surface area contributed by atoms with Gasteiger partial charge in [0.2, 0.25) is 0 Å². The van der Waals surface area contributed by atoms with E-state index in [1.54, 1.807) is 24.7 Å². The molecule has 0 radical (unpaired) electrons. The maximum atomic E-state index is 12.4. The van der Waals surface area contributed by atoms with Gasteiger partial charge in [-0.15, -0.1) is 0 Å². The molecule has 29 heavy (non-hydrogen) atoms. The van der Waals surface area contributed by atoms with Crippen LogP contribution in [0, 0.1) is 11.3 Å². The number of pyridine rings is 3. The van der Waals surface area contributed by atoms with Gasteiger partial charge in [-0.1, -0.05) is 12.1 Å². The van der Waals surface area contributed by atoms with Crippen molar-refractivity contribution >= 4 is 11.5 Å². The van der Waals surface area contributed by atoms with Crippen LogP contribution in [0.25, 0.3) is 5.52 Å². The van der Waals surface area contributed by atoms with Crippen molar-refractivity contribution in [1.82, 2.24) is 14.3 Å². The molecule has 4 heterocycles. The van der Waals surface area contributed by atoms with Gasteiger partial charge in [0.25, 0.3) is 5.56 Å². The summed E-state index contributed by atoms with van der Waals surface area (Å²) >= 11 is 0. The first-order valence-corrected chi connectivity index (χ1v) is 9.45. The van der Waals surface area contributed by atoms with Crippen LogP contribution >= 0.6 is 0 Å². The number of hydrogen-bond acceptors (Lipinski definition) is 5. The second-order valence-corrected chi connectivity index (χ2v) is 7.36. The number of carboxylic acid groups (broad SMARTS) is 1. The first-order valence-electron chi connectivity index (χ1n) is 9.45. The Morgan fingerprint density at radius 2 is 2.03 bits per heavy atom. The average Bonchev–Trinajstić information content (AvgIpc) is 2.77. The molecule has 7 nitrogen and oxygen atoms in total. The Balaban J connectivity index is 1.61. The molecule has 4 rings (SSSR count). The van der Waals surface area contributed by atoms with Crippen LogP contribution in [0.4, 0.5) is 0 Å². The average molecular weight is 388 g/mol. The van der Waals surface area contributed by atoms with Crippen molar-refractivity contribution in [2.75, 3.05) is 13.1 Å². The normalized spacial score (nSPS) is 16.4. The number of carboxylic acids is 1. The molecule has 0 unspecified atom stereocenters. The molecule has 0 amide bonds. The fourth-order valence-electron chi connectivity index (χ4n) is 4.05. The zero-order valence-corrected chi connectivity index (χ0v) is 15.8. The Morgan fingerprint density at radius 3 is 2.69 bits per heavy atom. The highest BCUT2D eigenvalue weighted by molar-refractivity contribution is 5.88. The third kappa shape index (κ3) is 3.39. The predicted molar refractivity (Wildman–Crippen MR) is 107 cm³/mol. The van der Waals surface area contributed by atoms with E-state index in [0.29, 0.717) is 38.0 Å². The Morgan fingerprint density at radius 1 is 1.24 bits per heavy atom. The molecular formula is C22H20N4O3. The van der Waals surface area contributed by atoms with Crippen molar-refractivity contribution in [2.24, 2.45) is 0 Å². The molecule has 7 heteroatoms. The first-order chi connectivity index (χ1) is 14.0. The van der Waals surface area contributed by atoms with Gasteiger partial charge in [-0.2, -0.15) is 5.26 Å². The molecular weight excluding hydrogens is 368 g/mol. The topological polar surface area (TPSA) is 98.7 Å². The third-order valence-electron chi connectivity index (χ3n) is 5.72. The van der Waals surface area contributed by atoms with E-state index in [9.17, 15) is 20.0 Å². The van der Waals surface area contributed by atoms with Crippen molar-refractivity contribution in [1.29, 1.82) is 5.26 Å². The molecule has 0 spiro atoms. The molecule has 0 bridgehead atoms. The number of nitriles is 1. The van der Waals surface area contributed by atoms with E-state index in [-0.39, 0.29) is 5.56 Å².